The standard InChI is InChI=1S/C22H27N3O3/c1-4-28-22(27)24-14-12-23(13-15-24)21(26)11-10-19-16-17(2)25(18(19)3)20-8-6-5-7-9-20/h5-11,16H,4,12-15H2,1-3H3/b11-10+. The number of piperazine rings is 1. The Morgan fingerprint density at radius 3 is 2.32 bits per heavy atom. The highest BCUT2D eigenvalue weighted by Crippen LogP contribution is 2.21. The zero-order valence-corrected chi connectivity index (χ0v) is 16.7. The van der Waals surface area contributed by atoms with E-state index in [4.69, 9.17) is 4.74 Å². The van der Waals surface area contributed by atoms with E-state index in [9.17, 15) is 9.59 Å². The molecule has 1 aromatic heterocycles. The lowest BCUT2D eigenvalue weighted by atomic mass is 10.2. The van der Waals surface area contributed by atoms with Gasteiger partial charge >= 0.3 is 6.09 Å². The minimum Gasteiger partial charge on any atom is -0.450 e. The first-order chi connectivity index (χ1) is 13.5. The molecule has 1 aliphatic rings. The van der Waals surface area contributed by atoms with Crippen molar-refractivity contribution in [3.63, 3.8) is 0 Å². The molecule has 0 N–H and O–H groups in total. The summed E-state index contributed by atoms with van der Waals surface area (Å²) in [4.78, 5) is 27.7. The highest BCUT2D eigenvalue weighted by Gasteiger charge is 2.23. The van der Waals surface area contributed by atoms with Gasteiger partial charge in [0, 0.05) is 49.3 Å². The molecule has 148 valence electrons. The van der Waals surface area contributed by atoms with Crippen LogP contribution < -0.4 is 0 Å². The normalized spacial score (nSPS) is 14.5. The minimum absolute atomic E-state index is 0.0342. The largest absolute Gasteiger partial charge is 0.450 e. The number of carbonyl (C=O) groups is 2. The SMILES string of the molecule is CCOC(=O)N1CCN(C(=O)/C=C/c2cc(C)n(-c3ccccc3)c2C)CC1. The third-order valence-corrected chi connectivity index (χ3v) is 5.01. The van der Waals surface area contributed by atoms with Crippen LogP contribution in [-0.2, 0) is 9.53 Å². The molecule has 6 nitrogen and oxygen atoms in total. The molecule has 0 atom stereocenters. The summed E-state index contributed by atoms with van der Waals surface area (Å²) >= 11 is 0. The van der Waals surface area contributed by atoms with E-state index in [-0.39, 0.29) is 12.0 Å². The topological polar surface area (TPSA) is 54.8 Å². The third kappa shape index (κ3) is 4.27. The van der Waals surface area contributed by atoms with Gasteiger partial charge in [-0.3, -0.25) is 4.79 Å². The van der Waals surface area contributed by atoms with Crippen molar-refractivity contribution < 1.29 is 14.3 Å². The van der Waals surface area contributed by atoms with Gasteiger partial charge in [0.25, 0.3) is 0 Å². The Bertz CT molecular complexity index is 863. The lowest BCUT2D eigenvalue weighted by molar-refractivity contribution is -0.127. The first kappa shape index (κ1) is 19.7. The summed E-state index contributed by atoms with van der Waals surface area (Å²) in [6.07, 6.45) is 3.19. The molecule has 6 heteroatoms. The molecule has 1 fully saturated rings. The van der Waals surface area contributed by atoms with Crippen LogP contribution in [0.25, 0.3) is 11.8 Å². The number of amides is 2. The van der Waals surface area contributed by atoms with Crippen molar-refractivity contribution in [2.75, 3.05) is 32.8 Å². The fraction of sp³-hybridized carbons (Fsp3) is 0.364. The molecule has 1 aliphatic heterocycles. The van der Waals surface area contributed by atoms with Crippen molar-refractivity contribution in [1.82, 2.24) is 14.4 Å². The summed E-state index contributed by atoms with van der Waals surface area (Å²) in [5, 5.41) is 0. The van der Waals surface area contributed by atoms with Gasteiger partial charge in [-0.1, -0.05) is 18.2 Å². The van der Waals surface area contributed by atoms with Crippen LogP contribution in [0, 0.1) is 13.8 Å². The first-order valence-corrected chi connectivity index (χ1v) is 9.64. The Hall–Kier alpha value is -3.02. The fourth-order valence-corrected chi connectivity index (χ4v) is 3.52. The van der Waals surface area contributed by atoms with E-state index in [1.54, 1.807) is 22.8 Å². The maximum absolute atomic E-state index is 12.5. The average Bonchev–Trinajstić information content (AvgIpc) is 3.00. The molecule has 2 heterocycles. The summed E-state index contributed by atoms with van der Waals surface area (Å²) in [6.45, 7) is 8.31. The molecule has 28 heavy (non-hydrogen) atoms. The summed E-state index contributed by atoms with van der Waals surface area (Å²) in [6, 6.07) is 12.3. The third-order valence-electron chi connectivity index (χ3n) is 5.01. The van der Waals surface area contributed by atoms with Crippen molar-refractivity contribution in [3.05, 3.63) is 59.4 Å². The fourth-order valence-electron chi connectivity index (χ4n) is 3.52. The number of aryl methyl sites for hydroxylation is 1. The van der Waals surface area contributed by atoms with Gasteiger partial charge in [-0.05, 0) is 50.6 Å². The monoisotopic (exact) mass is 381 g/mol. The second-order valence-electron chi connectivity index (χ2n) is 6.84. The second kappa shape index (κ2) is 8.78. The van der Waals surface area contributed by atoms with E-state index >= 15 is 0 Å². The number of carbonyl (C=O) groups excluding carboxylic acids is 2. The molecule has 0 bridgehead atoms. The zero-order valence-electron chi connectivity index (χ0n) is 16.7. The summed E-state index contributed by atoms with van der Waals surface area (Å²) in [7, 11) is 0. The molecule has 2 aromatic rings. The van der Waals surface area contributed by atoms with Gasteiger partial charge in [-0.25, -0.2) is 4.79 Å². The summed E-state index contributed by atoms with van der Waals surface area (Å²) < 4.78 is 7.20. The highest BCUT2D eigenvalue weighted by atomic mass is 16.6. The van der Waals surface area contributed by atoms with Crippen LogP contribution in [0.2, 0.25) is 0 Å². The summed E-state index contributed by atoms with van der Waals surface area (Å²) in [5.41, 5.74) is 4.36. The Labute approximate surface area is 166 Å². The lowest BCUT2D eigenvalue weighted by Gasteiger charge is -2.33. The maximum atomic E-state index is 12.5. The van der Waals surface area contributed by atoms with Gasteiger partial charge in [0.2, 0.25) is 5.91 Å². The van der Waals surface area contributed by atoms with E-state index < -0.39 is 0 Å². The number of hydrogen-bond acceptors (Lipinski definition) is 3. The predicted octanol–water partition coefficient (Wildman–Crippen LogP) is 3.41. The van der Waals surface area contributed by atoms with Gasteiger partial charge in [0.15, 0.2) is 0 Å². The van der Waals surface area contributed by atoms with E-state index in [0.29, 0.717) is 32.8 Å². The molecule has 0 radical (unpaired) electrons. The number of aromatic nitrogens is 1. The van der Waals surface area contributed by atoms with Crippen molar-refractivity contribution in [2.45, 2.75) is 20.8 Å². The number of hydrogen-bond donors (Lipinski definition) is 0. The number of ether oxygens (including phenoxy) is 1. The quantitative estimate of drug-likeness (QED) is 0.763. The summed E-state index contributed by atoms with van der Waals surface area (Å²) in [5.74, 6) is -0.0342. The zero-order chi connectivity index (χ0) is 20.1. The smallest absolute Gasteiger partial charge is 0.409 e. The van der Waals surface area contributed by atoms with E-state index in [1.165, 1.54) is 0 Å². The van der Waals surface area contributed by atoms with Gasteiger partial charge < -0.3 is 19.1 Å². The second-order valence-corrected chi connectivity index (χ2v) is 6.84. The molecule has 0 aliphatic carbocycles. The average molecular weight is 381 g/mol. The lowest BCUT2D eigenvalue weighted by Crippen LogP contribution is -2.50. The van der Waals surface area contributed by atoms with Crippen LogP contribution in [0.4, 0.5) is 4.79 Å². The molecule has 1 aromatic carbocycles. The van der Waals surface area contributed by atoms with Crippen molar-refractivity contribution in [2.24, 2.45) is 0 Å². The molecule has 0 spiro atoms. The number of nitrogens with zero attached hydrogens (tertiary/aromatic N) is 3. The van der Waals surface area contributed by atoms with Crippen LogP contribution in [0.5, 0.6) is 0 Å². The Balaban J connectivity index is 1.65. The molecule has 0 unspecified atom stereocenters. The van der Waals surface area contributed by atoms with Crippen LogP contribution in [-0.4, -0.2) is 59.2 Å². The van der Waals surface area contributed by atoms with Gasteiger partial charge in [-0.15, -0.1) is 0 Å². The van der Waals surface area contributed by atoms with Crippen LogP contribution in [0.3, 0.4) is 0 Å². The molecular formula is C22H27N3O3. The van der Waals surface area contributed by atoms with Crippen LogP contribution in [0.15, 0.2) is 42.5 Å². The highest BCUT2D eigenvalue weighted by molar-refractivity contribution is 5.92. The molecule has 1 saturated heterocycles. The van der Waals surface area contributed by atoms with E-state index in [2.05, 4.69) is 36.6 Å². The Morgan fingerprint density at radius 1 is 1.04 bits per heavy atom. The predicted molar refractivity (Wildman–Crippen MR) is 109 cm³/mol. The van der Waals surface area contributed by atoms with Gasteiger partial charge in [0.05, 0.1) is 6.61 Å². The van der Waals surface area contributed by atoms with E-state index in [0.717, 1.165) is 22.6 Å². The van der Waals surface area contributed by atoms with Crippen LogP contribution in [0.1, 0.15) is 23.9 Å². The molecular weight excluding hydrogens is 354 g/mol. The van der Waals surface area contributed by atoms with Crippen molar-refractivity contribution in [1.29, 1.82) is 0 Å². The first-order valence-electron chi connectivity index (χ1n) is 9.64. The van der Waals surface area contributed by atoms with Gasteiger partial charge in [0.1, 0.15) is 0 Å². The number of para-hydroxylation sites is 1. The Kier molecular flexibility index (Phi) is 6.19. The number of rotatable bonds is 4. The molecule has 0 saturated carbocycles. The van der Waals surface area contributed by atoms with Crippen molar-refractivity contribution >= 4 is 18.1 Å². The van der Waals surface area contributed by atoms with Crippen LogP contribution >= 0.6 is 0 Å². The Morgan fingerprint density at radius 2 is 1.68 bits per heavy atom. The molecule has 2 amide bonds. The van der Waals surface area contributed by atoms with Gasteiger partial charge in [-0.2, -0.15) is 0 Å². The molecule has 3 rings (SSSR count). The van der Waals surface area contributed by atoms with E-state index in [1.807, 2.05) is 24.3 Å². The number of benzene rings is 1. The minimum atomic E-state index is -0.307. The van der Waals surface area contributed by atoms with Crippen molar-refractivity contribution in [3.8, 4) is 5.69 Å². The maximum Gasteiger partial charge on any atom is 0.409 e.